The molecule has 0 unspecified atom stereocenters. The second kappa shape index (κ2) is 8.03. The predicted molar refractivity (Wildman–Crippen MR) is 100.0 cm³/mol. The molecule has 1 aromatic carbocycles. The van der Waals surface area contributed by atoms with Crippen LogP contribution in [0.1, 0.15) is 40.2 Å². The van der Waals surface area contributed by atoms with Gasteiger partial charge in [0.1, 0.15) is 23.5 Å². The van der Waals surface area contributed by atoms with E-state index in [1.807, 2.05) is 37.3 Å². The first kappa shape index (κ1) is 19.5. The lowest BCUT2D eigenvalue weighted by atomic mass is 10.0. The number of carbonyl (C=O) groups is 2. The number of ether oxygens (including phenoxy) is 2. The molecule has 7 heteroatoms. The van der Waals surface area contributed by atoms with Gasteiger partial charge in [0.05, 0.1) is 6.21 Å². The van der Waals surface area contributed by atoms with Crippen LogP contribution in [0, 0.1) is 0 Å². The first-order chi connectivity index (χ1) is 12.2. The second-order valence-corrected chi connectivity index (χ2v) is 7.04. The van der Waals surface area contributed by atoms with E-state index in [1.54, 1.807) is 33.9 Å². The average molecular weight is 359 g/mol. The lowest BCUT2D eigenvalue weighted by Crippen LogP contribution is -2.45. The number of fused-ring (bicyclic) bond motifs is 1. The molecule has 26 heavy (non-hydrogen) atoms. The van der Waals surface area contributed by atoms with E-state index in [9.17, 15) is 9.59 Å². The lowest BCUT2D eigenvalue weighted by Gasteiger charge is -2.22. The van der Waals surface area contributed by atoms with Crippen molar-refractivity contribution in [1.29, 1.82) is 0 Å². The Morgan fingerprint density at radius 1 is 1.31 bits per heavy atom. The van der Waals surface area contributed by atoms with Crippen molar-refractivity contribution in [3.8, 4) is 5.75 Å². The van der Waals surface area contributed by atoms with Gasteiger partial charge in [-0.2, -0.15) is 5.10 Å². The average Bonchev–Trinajstić information content (AvgIpc) is 2.53. The van der Waals surface area contributed by atoms with Crippen LogP contribution in [0.25, 0.3) is 6.08 Å². The normalized spacial score (nSPS) is 17.6. The fourth-order valence-electron chi connectivity index (χ4n) is 2.22. The Bertz CT molecular complexity index is 735. The largest absolute Gasteiger partial charge is 0.485 e. The molecule has 7 nitrogen and oxygen atoms in total. The smallest absolute Gasteiger partial charge is 0.408 e. The molecule has 2 atom stereocenters. The van der Waals surface area contributed by atoms with Crippen molar-refractivity contribution in [1.82, 2.24) is 10.7 Å². The summed E-state index contributed by atoms with van der Waals surface area (Å²) in [6, 6.07) is 6.91. The Labute approximate surface area is 153 Å². The molecule has 2 rings (SSSR count). The summed E-state index contributed by atoms with van der Waals surface area (Å²) in [5.41, 5.74) is 3.57. The third kappa shape index (κ3) is 5.61. The van der Waals surface area contributed by atoms with E-state index in [4.69, 9.17) is 9.47 Å². The summed E-state index contributed by atoms with van der Waals surface area (Å²) in [6.07, 6.45) is 2.67. The van der Waals surface area contributed by atoms with Crippen molar-refractivity contribution in [2.75, 3.05) is 0 Å². The van der Waals surface area contributed by atoms with Gasteiger partial charge in [0.2, 0.25) is 0 Å². The number of nitrogens with zero attached hydrogens (tertiary/aromatic N) is 1. The van der Waals surface area contributed by atoms with Gasteiger partial charge in [-0.3, -0.25) is 4.79 Å². The van der Waals surface area contributed by atoms with Crippen LogP contribution in [0.2, 0.25) is 0 Å². The zero-order valence-electron chi connectivity index (χ0n) is 15.7. The summed E-state index contributed by atoms with van der Waals surface area (Å²) in [7, 11) is 0. The Morgan fingerprint density at radius 3 is 2.69 bits per heavy atom. The standard InChI is InChI=1S/C19H25N3O4/c1-12(21-18(24)26-19(3,4)5)17(23)22-20-11-15-10-14-8-6-7-9-16(14)25-13(15)2/h6-13H,1-5H3,(H,21,24)(H,22,23)/b20-11-/t12-,13-/m1/s1. The quantitative estimate of drug-likeness (QED) is 0.639. The Morgan fingerprint density at radius 2 is 2.00 bits per heavy atom. The maximum Gasteiger partial charge on any atom is 0.408 e. The highest BCUT2D eigenvalue weighted by atomic mass is 16.6. The molecule has 1 aromatic rings. The number of hydrogen-bond donors (Lipinski definition) is 2. The number of benzene rings is 1. The van der Waals surface area contributed by atoms with Crippen LogP contribution in [0.3, 0.4) is 0 Å². The van der Waals surface area contributed by atoms with E-state index in [2.05, 4.69) is 15.8 Å². The minimum atomic E-state index is -0.781. The van der Waals surface area contributed by atoms with E-state index in [0.717, 1.165) is 16.9 Å². The number of para-hydroxylation sites is 1. The molecular weight excluding hydrogens is 334 g/mol. The topological polar surface area (TPSA) is 89.0 Å². The molecule has 1 aliphatic heterocycles. The molecule has 0 bridgehead atoms. The van der Waals surface area contributed by atoms with Crippen LogP contribution in [-0.4, -0.2) is 36.0 Å². The third-order valence-corrected chi connectivity index (χ3v) is 3.53. The van der Waals surface area contributed by atoms with Crippen LogP contribution < -0.4 is 15.5 Å². The first-order valence-electron chi connectivity index (χ1n) is 8.45. The molecule has 140 valence electrons. The van der Waals surface area contributed by atoms with Crippen molar-refractivity contribution < 1.29 is 19.1 Å². The van der Waals surface area contributed by atoms with Crippen molar-refractivity contribution >= 4 is 24.3 Å². The van der Waals surface area contributed by atoms with Gasteiger partial charge in [-0.25, -0.2) is 10.2 Å². The first-order valence-corrected chi connectivity index (χ1v) is 8.45. The van der Waals surface area contributed by atoms with Crippen LogP contribution >= 0.6 is 0 Å². The van der Waals surface area contributed by atoms with Crippen LogP contribution in [0.15, 0.2) is 34.9 Å². The highest BCUT2D eigenvalue weighted by molar-refractivity contribution is 5.90. The van der Waals surface area contributed by atoms with Crippen LogP contribution in [-0.2, 0) is 9.53 Å². The lowest BCUT2D eigenvalue weighted by molar-refractivity contribution is -0.122. The second-order valence-electron chi connectivity index (χ2n) is 7.04. The molecule has 1 heterocycles. The van der Waals surface area contributed by atoms with Gasteiger partial charge in [-0.05, 0) is 46.8 Å². The maximum absolute atomic E-state index is 12.0. The summed E-state index contributed by atoms with van der Waals surface area (Å²) in [6.45, 7) is 8.71. The van der Waals surface area contributed by atoms with Gasteiger partial charge in [0, 0.05) is 11.1 Å². The molecule has 2 N–H and O–H groups in total. The molecule has 0 saturated carbocycles. The molecule has 0 saturated heterocycles. The van der Waals surface area contributed by atoms with Gasteiger partial charge in [0.25, 0.3) is 5.91 Å². The Hall–Kier alpha value is -2.83. The van der Waals surface area contributed by atoms with Crippen LogP contribution in [0.5, 0.6) is 5.75 Å². The van der Waals surface area contributed by atoms with Crippen molar-refractivity contribution in [3.63, 3.8) is 0 Å². The zero-order chi connectivity index (χ0) is 19.3. The minimum absolute atomic E-state index is 0.178. The maximum atomic E-state index is 12.0. The highest BCUT2D eigenvalue weighted by Gasteiger charge is 2.21. The number of rotatable bonds is 4. The zero-order valence-corrected chi connectivity index (χ0v) is 15.7. The Kier molecular flexibility index (Phi) is 6.02. The van der Waals surface area contributed by atoms with E-state index < -0.39 is 23.6 Å². The van der Waals surface area contributed by atoms with Crippen molar-refractivity contribution in [3.05, 3.63) is 35.4 Å². The predicted octanol–water partition coefficient (Wildman–Crippen LogP) is 2.87. The minimum Gasteiger partial charge on any atom is -0.485 e. The van der Waals surface area contributed by atoms with E-state index in [1.165, 1.54) is 0 Å². The molecule has 0 radical (unpaired) electrons. The number of carbonyl (C=O) groups excluding carboxylic acids is 2. The number of amides is 2. The van der Waals surface area contributed by atoms with Gasteiger partial charge in [-0.15, -0.1) is 0 Å². The molecule has 0 spiro atoms. The molecule has 0 aliphatic carbocycles. The molecular formula is C19H25N3O4. The summed E-state index contributed by atoms with van der Waals surface area (Å²) in [5.74, 6) is 0.369. The number of alkyl carbamates (subject to hydrolysis) is 1. The van der Waals surface area contributed by atoms with Crippen molar-refractivity contribution in [2.45, 2.75) is 52.4 Å². The molecule has 1 aliphatic rings. The summed E-state index contributed by atoms with van der Waals surface area (Å²) < 4.78 is 10.9. The number of hydrogen-bond acceptors (Lipinski definition) is 5. The summed E-state index contributed by atoms with van der Waals surface area (Å²) in [5, 5.41) is 6.42. The van der Waals surface area contributed by atoms with Gasteiger partial charge in [-0.1, -0.05) is 18.2 Å². The fourth-order valence-corrected chi connectivity index (χ4v) is 2.22. The van der Waals surface area contributed by atoms with Crippen LogP contribution in [0.4, 0.5) is 4.79 Å². The molecule has 0 fully saturated rings. The summed E-state index contributed by atoms with van der Waals surface area (Å²) >= 11 is 0. The highest BCUT2D eigenvalue weighted by Crippen LogP contribution is 2.28. The Balaban J connectivity index is 1.90. The molecule has 0 aromatic heterocycles. The van der Waals surface area contributed by atoms with Gasteiger partial charge in [0.15, 0.2) is 0 Å². The van der Waals surface area contributed by atoms with Gasteiger partial charge >= 0.3 is 6.09 Å². The van der Waals surface area contributed by atoms with E-state index >= 15 is 0 Å². The van der Waals surface area contributed by atoms with E-state index in [0.29, 0.717) is 0 Å². The SMILES string of the molecule is C[C@@H](NC(=O)OC(C)(C)C)C(=O)N/N=C\C1=Cc2ccccc2O[C@@H]1C. The van der Waals surface area contributed by atoms with E-state index in [-0.39, 0.29) is 6.10 Å². The summed E-state index contributed by atoms with van der Waals surface area (Å²) in [4.78, 5) is 23.7. The third-order valence-electron chi connectivity index (χ3n) is 3.53. The number of nitrogens with one attached hydrogen (secondary N) is 2. The molecule has 2 amide bonds. The van der Waals surface area contributed by atoms with Crippen molar-refractivity contribution in [2.24, 2.45) is 5.10 Å². The monoisotopic (exact) mass is 359 g/mol. The number of hydrazone groups is 1. The fraction of sp³-hybridized carbons (Fsp3) is 0.421. The van der Waals surface area contributed by atoms with Gasteiger partial charge < -0.3 is 14.8 Å².